The maximum atomic E-state index is 9.24. The second-order valence-electron chi connectivity index (χ2n) is 3.32. The highest BCUT2D eigenvalue weighted by Crippen LogP contribution is 2.27. The number of β-amino-alcohol motifs (C(OH)–C–C–N with tert-alkyl or cyclic N) is 1. The van der Waals surface area contributed by atoms with Gasteiger partial charge in [-0.05, 0) is 12.8 Å². The molecule has 2 aliphatic rings. The van der Waals surface area contributed by atoms with Crippen LogP contribution in [-0.2, 0) is 4.74 Å². The molecule has 0 aromatic heterocycles. The van der Waals surface area contributed by atoms with Crippen molar-refractivity contribution in [2.24, 2.45) is 0 Å². The first-order valence-electron chi connectivity index (χ1n) is 3.82. The Balaban J connectivity index is 0.000000605. The van der Waals surface area contributed by atoms with Crippen molar-refractivity contribution < 1.29 is 9.84 Å². The van der Waals surface area contributed by atoms with Gasteiger partial charge in [-0.15, -0.1) is 12.4 Å². The lowest BCUT2D eigenvalue weighted by Crippen LogP contribution is -2.39. The highest BCUT2D eigenvalue weighted by molar-refractivity contribution is 5.85. The molecule has 2 unspecified atom stereocenters. The van der Waals surface area contributed by atoms with Crippen LogP contribution in [0.25, 0.3) is 0 Å². The monoisotopic (exact) mass is 179 g/mol. The summed E-state index contributed by atoms with van der Waals surface area (Å²) < 4.78 is 5.26. The van der Waals surface area contributed by atoms with Crippen LogP contribution in [0, 0.1) is 0 Å². The van der Waals surface area contributed by atoms with Crippen LogP contribution in [-0.4, -0.2) is 36.5 Å². The fraction of sp³-hybridized carbons (Fsp3) is 1.00. The molecule has 2 N–H and O–H groups in total. The molecule has 2 aliphatic heterocycles. The summed E-state index contributed by atoms with van der Waals surface area (Å²) in [5.74, 6) is 0. The molecule has 0 amide bonds. The molecule has 2 fully saturated rings. The summed E-state index contributed by atoms with van der Waals surface area (Å²) in [6, 6.07) is 0. The predicted molar refractivity (Wildman–Crippen MR) is 44.0 cm³/mol. The first-order chi connectivity index (χ1) is 4.81. The molecular formula is C7H14ClNO2. The maximum absolute atomic E-state index is 9.24. The van der Waals surface area contributed by atoms with Crippen molar-refractivity contribution in [2.45, 2.75) is 24.5 Å². The van der Waals surface area contributed by atoms with Crippen molar-refractivity contribution in [1.82, 2.24) is 5.32 Å². The zero-order chi connectivity index (χ0) is 7.03. The standard InChI is InChI=1S/C7H13NO2.ClH/c9-6-3-7(8-4-6)1-2-10-5-7;/h6,8-9H,1-5H2;1H. The van der Waals surface area contributed by atoms with Crippen LogP contribution in [0.15, 0.2) is 0 Å². The minimum atomic E-state index is -0.151. The molecule has 0 radical (unpaired) electrons. The Morgan fingerprint density at radius 3 is 2.82 bits per heavy atom. The Morgan fingerprint density at radius 2 is 2.36 bits per heavy atom. The van der Waals surface area contributed by atoms with Crippen LogP contribution in [0.3, 0.4) is 0 Å². The van der Waals surface area contributed by atoms with Crippen LogP contribution in [0.5, 0.6) is 0 Å². The molecule has 0 aliphatic carbocycles. The van der Waals surface area contributed by atoms with Gasteiger partial charge in [0.05, 0.1) is 12.7 Å². The number of aliphatic hydroxyl groups is 1. The van der Waals surface area contributed by atoms with Gasteiger partial charge in [0.25, 0.3) is 0 Å². The largest absolute Gasteiger partial charge is 0.392 e. The van der Waals surface area contributed by atoms with Crippen molar-refractivity contribution in [3.63, 3.8) is 0 Å². The smallest absolute Gasteiger partial charge is 0.0683 e. The third-order valence-corrected chi connectivity index (χ3v) is 2.44. The Labute approximate surface area is 72.5 Å². The lowest BCUT2D eigenvalue weighted by atomic mass is 9.96. The van der Waals surface area contributed by atoms with E-state index in [1.54, 1.807) is 0 Å². The van der Waals surface area contributed by atoms with Crippen molar-refractivity contribution in [2.75, 3.05) is 19.8 Å². The fourth-order valence-electron chi connectivity index (χ4n) is 1.84. The average molecular weight is 180 g/mol. The van der Waals surface area contributed by atoms with E-state index in [0.717, 1.165) is 32.6 Å². The maximum Gasteiger partial charge on any atom is 0.0683 e. The first kappa shape index (κ1) is 9.26. The van der Waals surface area contributed by atoms with E-state index in [1.807, 2.05) is 0 Å². The third-order valence-electron chi connectivity index (χ3n) is 2.44. The average Bonchev–Trinajstić information content (AvgIpc) is 2.46. The van der Waals surface area contributed by atoms with E-state index in [0.29, 0.717) is 0 Å². The second-order valence-corrected chi connectivity index (χ2v) is 3.32. The quantitative estimate of drug-likeness (QED) is 0.547. The number of nitrogens with one attached hydrogen (secondary N) is 1. The lowest BCUT2D eigenvalue weighted by Gasteiger charge is -2.19. The number of hydrogen-bond donors (Lipinski definition) is 2. The van der Waals surface area contributed by atoms with Gasteiger partial charge in [0.1, 0.15) is 0 Å². The molecule has 2 saturated heterocycles. The van der Waals surface area contributed by atoms with Gasteiger partial charge in [0.2, 0.25) is 0 Å². The zero-order valence-corrected chi connectivity index (χ0v) is 7.19. The number of halogens is 1. The molecule has 2 heterocycles. The van der Waals surface area contributed by atoms with E-state index < -0.39 is 0 Å². The zero-order valence-electron chi connectivity index (χ0n) is 6.38. The summed E-state index contributed by atoms with van der Waals surface area (Å²) in [5.41, 5.74) is 0.138. The van der Waals surface area contributed by atoms with E-state index >= 15 is 0 Å². The van der Waals surface area contributed by atoms with Gasteiger partial charge in [0.15, 0.2) is 0 Å². The minimum Gasteiger partial charge on any atom is -0.392 e. The molecular weight excluding hydrogens is 166 g/mol. The molecule has 2 atom stereocenters. The Kier molecular flexibility index (Phi) is 2.75. The first-order valence-corrected chi connectivity index (χ1v) is 3.82. The summed E-state index contributed by atoms with van der Waals surface area (Å²) >= 11 is 0. The normalized spacial score (nSPS) is 42.8. The summed E-state index contributed by atoms with van der Waals surface area (Å²) in [4.78, 5) is 0. The van der Waals surface area contributed by atoms with Gasteiger partial charge in [-0.1, -0.05) is 0 Å². The van der Waals surface area contributed by atoms with Crippen LogP contribution in [0.1, 0.15) is 12.8 Å². The minimum absolute atomic E-state index is 0. The molecule has 1 spiro atoms. The molecule has 0 bridgehead atoms. The molecule has 0 aromatic carbocycles. The Hall–Kier alpha value is 0.170. The number of ether oxygens (including phenoxy) is 1. The van der Waals surface area contributed by atoms with Crippen LogP contribution >= 0.6 is 12.4 Å². The Bertz CT molecular complexity index is 136. The topological polar surface area (TPSA) is 41.5 Å². The molecule has 0 aromatic rings. The summed E-state index contributed by atoms with van der Waals surface area (Å²) in [6.07, 6.45) is 1.78. The van der Waals surface area contributed by atoms with Crippen molar-refractivity contribution in [3.05, 3.63) is 0 Å². The van der Waals surface area contributed by atoms with Gasteiger partial charge in [-0.3, -0.25) is 0 Å². The number of aliphatic hydroxyl groups excluding tert-OH is 1. The number of rotatable bonds is 0. The van der Waals surface area contributed by atoms with E-state index in [9.17, 15) is 5.11 Å². The van der Waals surface area contributed by atoms with Gasteiger partial charge < -0.3 is 15.2 Å². The predicted octanol–water partition coefficient (Wildman–Crippen LogP) is -0.0785. The summed E-state index contributed by atoms with van der Waals surface area (Å²) in [6.45, 7) is 2.37. The van der Waals surface area contributed by atoms with Gasteiger partial charge in [-0.2, -0.15) is 0 Å². The molecule has 4 heteroatoms. The van der Waals surface area contributed by atoms with Gasteiger partial charge in [-0.25, -0.2) is 0 Å². The van der Waals surface area contributed by atoms with Crippen LogP contribution in [0.4, 0.5) is 0 Å². The lowest BCUT2D eigenvalue weighted by molar-refractivity contribution is 0.157. The molecule has 66 valence electrons. The molecule has 3 nitrogen and oxygen atoms in total. The van der Waals surface area contributed by atoms with Crippen molar-refractivity contribution in [3.8, 4) is 0 Å². The van der Waals surface area contributed by atoms with E-state index in [-0.39, 0.29) is 24.0 Å². The number of hydrogen-bond acceptors (Lipinski definition) is 3. The van der Waals surface area contributed by atoms with E-state index in [4.69, 9.17) is 4.74 Å². The SMILES string of the molecule is Cl.OC1CNC2(CCOC2)C1. The van der Waals surface area contributed by atoms with E-state index in [2.05, 4.69) is 5.32 Å². The fourth-order valence-corrected chi connectivity index (χ4v) is 1.84. The van der Waals surface area contributed by atoms with Crippen molar-refractivity contribution in [1.29, 1.82) is 0 Å². The van der Waals surface area contributed by atoms with Crippen molar-refractivity contribution >= 4 is 12.4 Å². The van der Waals surface area contributed by atoms with Crippen LogP contribution < -0.4 is 5.32 Å². The molecule has 11 heavy (non-hydrogen) atoms. The van der Waals surface area contributed by atoms with Crippen LogP contribution in [0.2, 0.25) is 0 Å². The summed E-state index contributed by atoms with van der Waals surface area (Å²) in [5, 5.41) is 12.5. The Morgan fingerprint density at radius 1 is 1.55 bits per heavy atom. The van der Waals surface area contributed by atoms with Gasteiger partial charge in [0, 0.05) is 18.7 Å². The highest BCUT2D eigenvalue weighted by Gasteiger charge is 2.40. The summed E-state index contributed by atoms with van der Waals surface area (Å²) in [7, 11) is 0. The van der Waals surface area contributed by atoms with E-state index in [1.165, 1.54) is 0 Å². The highest BCUT2D eigenvalue weighted by atomic mass is 35.5. The third kappa shape index (κ3) is 1.67. The van der Waals surface area contributed by atoms with Gasteiger partial charge >= 0.3 is 0 Å². The second kappa shape index (κ2) is 3.27. The molecule has 2 rings (SSSR count). The molecule has 0 saturated carbocycles.